The first-order valence-corrected chi connectivity index (χ1v) is 16.7. The van der Waals surface area contributed by atoms with Crippen molar-refractivity contribution >= 4 is 56.0 Å². The molecule has 2 aliphatic rings. The Morgan fingerprint density at radius 1 is 1.19 bits per heavy atom. The number of thiazole rings is 1. The average Bonchev–Trinajstić information content (AvgIpc) is 3.60. The Morgan fingerprint density at radius 2 is 2.00 bits per heavy atom. The standard InChI is InChI=1S/C33H42N8O5S/c1-4-7-13-36-33(45)39(14-5-2)40-19-29(43)41-25(16-21-11-12-26(24(34)15-21)46-20-23(42)6-3)31(44)38(18-28(40)41)17-22-9-8-10-27-30(22)37-32(35)47-27/h6,8-12,15,25,28H,3-5,7,13-14,16-20,34H2,1-2H3,(H2,35,37)(H,36,45)/t25-,28+/m0/s1. The first-order chi connectivity index (χ1) is 22.6. The zero-order valence-electron chi connectivity index (χ0n) is 26.8. The number of carbonyl (C=O) groups is 4. The van der Waals surface area contributed by atoms with Gasteiger partial charge in [-0.25, -0.2) is 9.78 Å². The smallest absolute Gasteiger partial charge is 0.332 e. The van der Waals surface area contributed by atoms with Gasteiger partial charge < -0.3 is 31.3 Å². The molecule has 2 fully saturated rings. The fraction of sp³-hybridized carbons (Fsp3) is 0.424. The van der Waals surface area contributed by atoms with Gasteiger partial charge in [0, 0.05) is 26.1 Å². The number of unbranched alkanes of at least 4 members (excludes halogenated alkanes) is 1. The summed E-state index contributed by atoms with van der Waals surface area (Å²) in [6.45, 7) is 8.66. The minimum Gasteiger partial charge on any atom is -0.483 e. The van der Waals surface area contributed by atoms with Gasteiger partial charge in [-0.05, 0) is 48.2 Å². The molecular formula is C33H42N8O5S. The van der Waals surface area contributed by atoms with Crippen LogP contribution in [0.5, 0.6) is 5.75 Å². The number of hydrogen-bond donors (Lipinski definition) is 3. The second-order valence-corrected chi connectivity index (χ2v) is 12.7. The summed E-state index contributed by atoms with van der Waals surface area (Å²) in [7, 11) is 0. The van der Waals surface area contributed by atoms with E-state index in [0.717, 1.165) is 28.6 Å². The van der Waals surface area contributed by atoms with Crippen molar-refractivity contribution in [3.8, 4) is 5.75 Å². The summed E-state index contributed by atoms with van der Waals surface area (Å²) in [4.78, 5) is 61.0. The van der Waals surface area contributed by atoms with Crippen LogP contribution in [0.2, 0.25) is 0 Å². The van der Waals surface area contributed by atoms with Crippen LogP contribution in [-0.2, 0) is 27.3 Å². The van der Waals surface area contributed by atoms with E-state index < -0.39 is 12.2 Å². The number of piperazine rings is 1. The number of ketones is 1. The SMILES string of the molecule is C=CC(=O)COc1ccc(C[C@H]2C(=O)N(Cc3cccc4sc(N)nc34)C[C@H]3N2C(=O)CN3N(CCC)C(=O)NCCCC)cc1N. The number of nitrogens with zero attached hydrogens (tertiary/aromatic N) is 5. The molecule has 250 valence electrons. The zero-order chi connectivity index (χ0) is 33.7. The fourth-order valence-corrected chi connectivity index (χ4v) is 6.84. The van der Waals surface area contributed by atoms with Crippen LogP contribution < -0.4 is 21.5 Å². The maximum absolute atomic E-state index is 14.3. The van der Waals surface area contributed by atoms with Gasteiger partial charge in [-0.2, -0.15) is 5.01 Å². The van der Waals surface area contributed by atoms with E-state index in [4.69, 9.17) is 16.2 Å². The van der Waals surface area contributed by atoms with Crippen molar-refractivity contribution in [3.63, 3.8) is 0 Å². The van der Waals surface area contributed by atoms with Crippen LogP contribution in [0.1, 0.15) is 44.2 Å². The number of amides is 4. The van der Waals surface area contributed by atoms with Gasteiger partial charge >= 0.3 is 6.03 Å². The van der Waals surface area contributed by atoms with Crippen molar-refractivity contribution in [2.24, 2.45) is 0 Å². The number of rotatable bonds is 14. The third-order valence-electron chi connectivity index (χ3n) is 8.33. The van der Waals surface area contributed by atoms with Crippen molar-refractivity contribution < 1.29 is 23.9 Å². The Kier molecular flexibility index (Phi) is 10.6. The molecule has 0 aliphatic carbocycles. The largest absolute Gasteiger partial charge is 0.483 e. The number of aromatic nitrogens is 1. The molecule has 13 nitrogen and oxygen atoms in total. The van der Waals surface area contributed by atoms with Crippen LogP contribution in [-0.4, -0.2) is 93.4 Å². The Morgan fingerprint density at radius 3 is 2.72 bits per heavy atom. The Balaban J connectivity index is 1.47. The molecule has 5 N–H and O–H groups in total. The van der Waals surface area contributed by atoms with Crippen molar-refractivity contribution in [2.75, 3.05) is 44.3 Å². The van der Waals surface area contributed by atoms with E-state index in [1.165, 1.54) is 17.4 Å². The maximum Gasteiger partial charge on any atom is 0.332 e. The number of nitrogens with one attached hydrogen (secondary N) is 1. The molecule has 0 spiro atoms. The predicted octanol–water partition coefficient (Wildman–Crippen LogP) is 3.16. The number of ether oxygens (including phenoxy) is 1. The van der Waals surface area contributed by atoms with Crippen molar-refractivity contribution in [3.05, 3.63) is 60.2 Å². The van der Waals surface area contributed by atoms with Gasteiger partial charge in [0.15, 0.2) is 17.5 Å². The fourth-order valence-electron chi connectivity index (χ4n) is 6.06. The van der Waals surface area contributed by atoms with Gasteiger partial charge in [-0.3, -0.25) is 19.4 Å². The van der Waals surface area contributed by atoms with E-state index >= 15 is 0 Å². The summed E-state index contributed by atoms with van der Waals surface area (Å²) in [5, 5.41) is 6.83. The van der Waals surface area contributed by atoms with Crippen LogP contribution >= 0.6 is 11.3 Å². The molecule has 14 heteroatoms. The highest BCUT2D eigenvalue weighted by atomic mass is 32.1. The quantitative estimate of drug-likeness (QED) is 0.133. The minimum atomic E-state index is -0.855. The molecular weight excluding hydrogens is 620 g/mol. The second-order valence-electron chi connectivity index (χ2n) is 11.7. The van der Waals surface area contributed by atoms with E-state index in [2.05, 4.69) is 23.8 Å². The molecule has 5 rings (SSSR count). The molecule has 0 saturated carbocycles. The number of benzene rings is 2. The summed E-state index contributed by atoms with van der Waals surface area (Å²) in [6, 6.07) is 9.77. The zero-order valence-corrected chi connectivity index (χ0v) is 27.6. The van der Waals surface area contributed by atoms with E-state index in [1.807, 2.05) is 25.1 Å². The molecule has 3 aromatic rings. The van der Waals surface area contributed by atoms with Gasteiger partial charge in [0.1, 0.15) is 18.0 Å². The van der Waals surface area contributed by atoms with Crippen LogP contribution in [0.3, 0.4) is 0 Å². The molecule has 4 amide bonds. The normalized spacial score (nSPS) is 18.0. The number of nitrogen functional groups attached to an aromatic ring is 2. The molecule has 2 aromatic carbocycles. The maximum atomic E-state index is 14.3. The highest BCUT2D eigenvalue weighted by molar-refractivity contribution is 7.22. The Labute approximate surface area is 278 Å². The molecule has 2 aliphatic heterocycles. The van der Waals surface area contributed by atoms with Crippen LogP contribution in [0, 0.1) is 0 Å². The lowest BCUT2D eigenvalue weighted by atomic mass is 9.99. The Hall–Kier alpha value is -4.69. The lowest BCUT2D eigenvalue weighted by molar-refractivity contribution is -0.157. The lowest BCUT2D eigenvalue weighted by Gasteiger charge is -2.46. The molecule has 0 radical (unpaired) electrons. The highest BCUT2D eigenvalue weighted by Crippen LogP contribution is 2.33. The number of hydrogen-bond acceptors (Lipinski definition) is 10. The first kappa shape index (κ1) is 33.7. The Bertz CT molecular complexity index is 1660. The van der Waals surface area contributed by atoms with Crippen LogP contribution in [0.15, 0.2) is 49.1 Å². The highest BCUT2D eigenvalue weighted by Gasteiger charge is 2.52. The van der Waals surface area contributed by atoms with Crippen molar-refractivity contribution in [1.29, 1.82) is 0 Å². The van der Waals surface area contributed by atoms with Gasteiger partial charge in [0.25, 0.3) is 0 Å². The summed E-state index contributed by atoms with van der Waals surface area (Å²) >= 11 is 1.38. The molecule has 0 bridgehead atoms. The topological polar surface area (TPSA) is 167 Å². The van der Waals surface area contributed by atoms with Gasteiger partial charge in [0.2, 0.25) is 11.8 Å². The molecule has 1 aromatic heterocycles. The van der Waals surface area contributed by atoms with Crippen molar-refractivity contribution in [2.45, 2.75) is 58.3 Å². The average molecular weight is 663 g/mol. The number of nitrogens with two attached hydrogens (primary N) is 2. The summed E-state index contributed by atoms with van der Waals surface area (Å²) in [5.74, 6) is -0.402. The van der Waals surface area contributed by atoms with E-state index in [1.54, 1.807) is 38.0 Å². The summed E-state index contributed by atoms with van der Waals surface area (Å²) < 4.78 is 6.46. The summed E-state index contributed by atoms with van der Waals surface area (Å²) in [5.41, 5.74) is 14.9. The van der Waals surface area contributed by atoms with Gasteiger partial charge in [-0.1, -0.05) is 56.4 Å². The summed E-state index contributed by atoms with van der Waals surface area (Å²) in [6.07, 6.45) is 3.26. The molecule has 3 heterocycles. The molecule has 47 heavy (non-hydrogen) atoms. The van der Waals surface area contributed by atoms with E-state index in [0.29, 0.717) is 41.6 Å². The number of fused-ring (bicyclic) bond motifs is 2. The molecule has 2 saturated heterocycles. The third kappa shape index (κ3) is 7.33. The number of anilines is 2. The second kappa shape index (κ2) is 14.8. The molecule has 0 unspecified atom stereocenters. The van der Waals surface area contributed by atoms with Gasteiger partial charge in [0.05, 0.1) is 29.0 Å². The monoisotopic (exact) mass is 662 g/mol. The first-order valence-electron chi connectivity index (χ1n) is 15.9. The number of carbonyl (C=O) groups excluding carboxylic acids is 4. The third-order valence-corrected chi connectivity index (χ3v) is 9.18. The van der Waals surface area contributed by atoms with Crippen LogP contribution in [0.25, 0.3) is 10.2 Å². The predicted molar refractivity (Wildman–Crippen MR) is 181 cm³/mol. The molecule has 2 atom stereocenters. The number of urea groups is 1. The lowest BCUT2D eigenvalue weighted by Crippen LogP contribution is -2.66. The minimum absolute atomic E-state index is 0.0338. The van der Waals surface area contributed by atoms with E-state index in [9.17, 15) is 19.2 Å². The van der Waals surface area contributed by atoms with Crippen molar-refractivity contribution in [1.82, 2.24) is 30.1 Å². The van der Waals surface area contributed by atoms with Crippen LogP contribution in [0.4, 0.5) is 15.6 Å². The van der Waals surface area contributed by atoms with E-state index in [-0.39, 0.29) is 56.3 Å². The number of hydrazine groups is 1. The number of para-hydroxylation sites is 1. The van der Waals surface area contributed by atoms with Gasteiger partial charge in [-0.15, -0.1) is 0 Å².